The summed E-state index contributed by atoms with van der Waals surface area (Å²) in [7, 11) is 5.44. The van der Waals surface area contributed by atoms with E-state index in [9.17, 15) is 9.59 Å². The minimum Gasteiger partial charge on any atom is -0.397 e. The van der Waals surface area contributed by atoms with E-state index in [0.29, 0.717) is 11.5 Å². The molecule has 1 rings (SSSR count). The van der Waals surface area contributed by atoms with Crippen molar-refractivity contribution >= 4 is 33.8 Å². The topological polar surface area (TPSA) is 113 Å². The lowest BCUT2D eigenvalue weighted by molar-refractivity contribution is 0.0967. The molecule has 0 radical (unpaired) electrons. The van der Waals surface area contributed by atoms with Gasteiger partial charge in [0.2, 0.25) is 0 Å². The lowest BCUT2D eigenvalue weighted by atomic mass is 10.0. The predicted molar refractivity (Wildman–Crippen MR) is 86.9 cm³/mol. The monoisotopic (exact) mass is 313 g/mol. The molecule has 0 saturated heterocycles. The first-order valence-corrected chi connectivity index (χ1v) is 7.29. The fourth-order valence-corrected chi connectivity index (χ4v) is 2.62. The van der Waals surface area contributed by atoms with Gasteiger partial charge in [-0.15, -0.1) is 11.3 Å². The van der Waals surface area contributed by atoms with Crippen LogP contribution in [0.5, 0.6) is 0 Å². The second kappa shape index (κ2) is 6.31. The van der Waals surface area contributed by atoms with Crippen LogP contribution in [0.15, 0.2) is 0 Å². The van der Waals surface area contributed by atoms with Crippen LogP contribution in [-0.2, 0) is 0 Å². The molecule has 1 aromatic rings. The fraction of sp³-hybridized carbons (Fsp3) is 0.538. The number of nitrogen functional groups attached to an aromatic ring is 1. The van der Waals surface area contributed by atoms with E-state index in [1.54, 1.807) is 0 Å². The lowest BCUT2D eigenvalue weighted by Gasteiger charge is -2.32. The predicted octanol–water partition coefficient (Wildman–Crippen LogP) is 0.541. The maximum atomic E-state index is 11.8. The molecule has 0 aromatic carbocycles. The average Bonchev–Trinajstić information content (AvgIpc) is 2.72. The molecule has 0 unspecified atom stereocenters. The third kappa shape index (κ3) is 3.64. The van der Waals surface area contributed by atoms with Gasteiger partial charge in [0, 0.05) is 19.1 Å². The van der Waals surface area contributed by atoms with Crippen LogP contribution in [-0.4, -0.2) is 49.9 Å². The van der Waals surface area contributed by atoms with Gasteiger partial charge in [-0.05, 0) is 27.9 Å². The van der Waals surface area contributed by atoms with Crippen molar-refractivity contribution in [1.29, 1.82) is 0 Å². The molecule has 0 bridgehead atoms. The van der Waals surface area contributed by atoms with Crippen LogP contribution in [0.3, 0.4) is 0 Å². The Kier molecular flexibility index (Phi) is 5.19. The summed E-state index contributed by atoms with van der Waals surface area (Å²) in [6.45, 7) is 4.69. The zero-order chi connectivity index (χ0) is 16.4. The Morgan fingerprint density at radius 3 is 2.33 bits per heavy atom. The second-order valence-corrected chi connectivity index (χ2v) is 6.57. The standard InChI is InChI=1S/C13H23N5O2S/c1-13(2,18(4)5)6-17-12-7(10(15)19)8(14)9(21-12)11(20)16-3/h17H,6,14H2,1-5H3,(H2,15,19)(H,16,20). The van der Waals surface area contributed by atoms with Gasteiger partial charge in [-0.2, -0.15) is 0 Å². The van der Waals surface area contributed by atoms with Gasteiger partial charge in [-0.3, -0.25) is 9.59 Å². The molecule has 0 aliphatic carbocycles. The van der Waals surface area contributed by atoms with E-state index in [4.69, 9.17) is 11.5 Å². The minimum atomic E-state index is -0.649. The molecule has 0 atom stereocenters. The second-order valence-electron chi connectivity index (χ2n) is 5.55. The quantitative estimate of drug-likeness (QED) is 0.612. The minimum absolute atomic E-state index is 0.122. The SMILES string of the molecule is CNC(=O)c1sc(NCC(C)(C)N(C)C)c(C(N)=O)c1N. The largest absolute Gasteiger partial charge is 0.397 e. The number of amides is 2. The highest BCUT2D eigenvalue weighted by Gasteiger charge is 2.26. The molecule has 0 fully saturated rings. The molecule has 1 heterocycles. The number of rotatable bonds is 6. The average molecular weight is 313 g/mol. The van der Waals surface area contributed by atoms with Gasteiger partial charge in [-0.1, -0.05) is 0 Å². The Bertz CT molecular complexity index is 551. The van der Waals surface area contributed by atoms with Crippen molar-refractivity contribution in [2.24, 2.45) is 5.73 Å². The first-order valence-electron chi connectivity index (χ1n) is 6.47. The van der Waals surface area contributed by atoms with Gasteiger partial charge in [-0.25, -0.2) is 0 Å². The number of thiophene rings is 1. The molecule has 118 valence electrons. The number of likely N-dealkylation sites (N-methyl/N-ethyl adjacent to an activating group) is 1. The van der Waals surface area contributed by atoms with Crippen molar-refractivity contribution in [2.75, 3.05) is 38.7 Å². The summed E-state index contributed by atoms with van der Waals surface area (Å²) in [5.41, 5.74) is 11.4. The van der Waals surface area contributed by atoms with Gasteiger partial charge < -0.3 is 27.0 Å². The zero-order valence-electron chi connectivity index (χ0n) is 13.0. The van der Waals surface area contributed by atoms with Gasteiger partial charge in [0.05, 0.1) is 11.3 Å². The number of carbonyl (C=O) groups excluding carboxylic acids is 2. The maximum absolute atomic E-state index is 11.8. The van der Waals surface area contributed by atoms with Crippen molar-refractivity contribution in [3.8, 4) is 0 Å². The van der Waals surface area contributed by atoms with E-state index in [1.165, 1.54) is 7.05 Å². The number of carbonyl (C=O) groups is 2. The van der Waals surface area contributed by atoms with E-state index in [1.807, 2.05) is 14.1 Å². The van der Waals surface area contributed by atoms with Crippen LogP contribution in [0.1, 0.15) is 33.9 Å². The van der Waals surface area contributed by atoms with E-state index >= 15 is 0 Å². The summed E-state index contributed by atoms with van der Waals surface area (Å²) in [6.07, 6.45) is 0. The number of nitrogens with two attached hydrogens (primary N) is 2. The van der Waals surface area contributed by atoms with Crippen LogP contribution < -0.4 is 22.1 Å². The Labute approximate surface area is 128 Å². The normalized spacial score (nSPS) is 11.5. The molecular formula is C13H23N5O2S. The van der Waals surface area contributed by atoms with Gasteiger partial charge in [0.25, 0.3) is 11.8 Å². The van der Waals surface area contributed by atoms with Crippen LogP contribution in [0, 0.1) is 0 Å². The number of primary amides is 1. The van der Waals surface area contributed by atoms with Crippen molar-refractivity contribution in [2.45, 2.75) is 19.4 Å². The summed E-state index contributed by atoms with van der Waals surface area (Å²) >= 11 is 1.13. The van der Waals surface area contributed by atoms with Crippen LogP contribution in [0.4, 0.5) is 10.7 Å². The number of anilines is 2. The van der Waals surface area contributed by atoms with Crippen molar-refractivity contribution in [1.82, 2.24) is 10.2 Å². The maximum Gasteiger partial charge on any atom is 0.263 e. The third-order valence-electron chi connectivity index (χ3n) is 3.52. The molecular weight excluding hydrogens is 290 g/mol. The number of hydrogen-bond donors (Lipinski definition) is 4. The van der Waals surface area contributed by atoms with Gasteiger partial charge in [0.15, 0.2) is 0 Å². The van der Waals surface area contributed by atoms with Crippen molar-refractivity contribution in [3.05, 3.63) is 10.4 Å². The highest BCUT2D eigenvalue weighted by atomic mass is 32.1. The molecule has 21 heavy (non-hydrogen) atoms. The van der Waals surface area contributed by atoms with Gasteiger partial charge in [0.1, 0.15) is 9.88 Å². The summed E-state index contributed by atoms with van der Waals surface area (Å²) in [6, 6.07) is 0. The highest BCUT2D eigenvalue weighted by molar-refractivity contribution is 7.19. The lowest BCUT2D eigenvalue weighted by Crippen LogP contribution is -2.44. The highest BCUT2D eigenvalue weighted by Crippen LogP contribution is 2.35. The van der Waals surface area contributed by atoms with Gasteiger partial charge >= 0.3 is 0 Å². The molecule has 0 aliphatic heterocycles. The summed E-state index contributed by atoms with van der Waals surface area (Å²) in [5.74, 6) is -0.982. The Hall–Kier alpha value is -1.80. The number of hydrogen-bond acceptors (Lipinski definition) is 6. The summed E-state index contributed by atoms with van der Waals surface area (Å²) in [5, 5.41) is 6.19. The van der Waals surface area contributed by atoms with Crippen LogP contribution in [0.2, 0.25) is 0 Å². The Morgan fingerprint density at radius 2 is 1.90 bits per heavy atom. The molecule has 8 heteroatoms. The number of nitrogens with zero attached hydrogens (tertiary/aromatic N) is 1. The molecule has 0 saturated carbocycles. The molecule has 1 aromatic heterocycles. The smallest absolute Gasteiger partial charge is 0.263 e. The first-order chi connectivity index (χ1) is 9.61. The van der Waals surface area contributed by atoms with E-state index in [-0.39, 0.29) is 27.6 Å². The van der Waals surface area contributed by atoms with Crippen LogP contribution in [0.25, 0.3) is 0 Å². The Balaban J connectivity index is 3.12. The summed E-state index contributed by atoms with van der Waals surface area (Å²) < 4.78 is 0. The third-order valence-corrected chi connectivity index (χ3v) is 4.68. The summed E-state index contributed by atoms with van der Waals surface area (Å²) in [4.78, 5) is 25.7. The van der Waals surface area contributed by atoms with E-state index in [0.717, 1.165) is 11.3 Å². The molecule has 2 amide bonds. The van der Waals surface area contributed by atoms with Crippen molar-refractivity contribution in [3.63, 3.8) is 0 Å². The molecule has 7 nitrogen and oxygen atoms in total. The van der Waals surface area contributed by atoms with E-state index in [2.05, 4.69) is 29.4 Å². The van der Waals surface area contributed by atoms with E-state index < -0.39 is 5.91 Å². The number of nitrogens with one attached hydrogen (secondary N) is 2. The first kappa shape index (κ1) is 17.3. The van der Waals surface area contributed by atoms with Crippen LogP contribution >= 0.6 is 11.3 Å². The molecule has 6 N–H and O–H groups in total. The zero-order valence-corrected chi connectivity index (χ0v) is 13.9. The Morgan fingerprint density at radius 1 is 1.33 bits per heavy atom. The van der Waals surface area contributed by atoms with Crippen molar-refractivity contribution < 1.29 is 9.59 Å². The molecule has 0 aliphatic rings. The molecule has 0 spiro atoms. The fourth-order valence-electron chi connectivity index (χ4n) is 1.55.